The van der Waals surface area contributed by atoms with E-state index in [4.69, 9.17) is 14.2 Å². The van der Waals surface area contributed by atoms with E-state index in [1.807, 2.05) is 30.3 Å². The minimum absolute atomic E-state index is 0.217. The number of benzene rings is 3. The van der Waals surface area contributed by atoms with E-state index in [9.17, 15) is 14.4 Å². The molecule has 1 N–H and O–H groups in total. The van der Waals surface area contributed by atoms with Gasteiger partial charge in [0.2, 0.25) is 0 Å². The average molecular weight is 449 g/mol. The Labute approximate surface area is 191 Å². The van der Waals surface area contributed by atoms with Gasteiger partial charge in [-0.25, -0.2) is 9.59 Å². The first kappa shape index (κ1) is 23.3. The van der Waals surface area contributed by atoms with Crippen molar-refractivity contribution in [3.05, 3.63) is 89.5 Å². The summed E-state index contributed by atoms with van der Waals surface area (Å²) in [5.41, 5.74) is 2.01. The first-order chi connectivity index (χ1) is 16.0. The summed E-state index contributed by atoms with van der Waals surface area (Å²) >= 11 is 0. The number of methoxy groups -OCH3 is 2. The number of carbonyl (C=O) groups is 3. The number of nitrogens with one attached hydrogen (secondary N) is 1. The van der Waals surface area contributed by atoms with Crippen LogP contribution in [0.4, 0.5) is 5.69 Å². The van der Waals surface area contributed by atoms with Gasteiger partial charge >= 0.3 is 11.9 Å². The molecule has 0 aliphatic carbocycles. The zero-order valence-electron chi connectivity index (χ0n) is 18.2. The van der Waals surface area contributed by atoms with Gasteiger partial charge in [-0.3, -0.25) is 4.79 Å². The fourth-order valence-corrected chi connectivity index (χ4v) is 2.87. The van der Waals surface area contributed by atoms with Crippen LogP contribution in [-0.2, 0) is 20.9 Å². The molecule has 8 nitrogen and oxygen atoms in total. The maximum atomic E-state index is 12.4. The van der Waals surface area contributed by atoms with E-state index in [-0.39, 0.29) is 5.56 Å². The Kier molecular flexibility index (Phi) is 8.02. The molecule has 0 atom stereocenters. The zero-order chi connectivity index (χ0) is 23.6. The van der Waals surface area contributed by atoms with Gasteiger partial charge in [-0.1, -0.05) is 30.3 Å². The number of ether oxygens (including phenoxy) is 4. The highest BCUT2D eigenvalue weighted by atomic mass is 16.5. The SMILES string of the molecule is COC(=O)c1ccc(NC(=O)COC(=O)c2ccc(OCc3ccccc3)c(OC)c2)cc1. The number of anilines is 1. The van der Waals surface area contributed by atoms with Crippen LogP contribution in [0.15, 0.2) is 72.8 Å². The molecule has 3 aromatic carbocycles. The second-order valence-electron chi connectivity index (χ2n) is 6.83. The minimum atomic E-state index is -0.681. The molecular formula is C25H23NO7. The van der Waals surface area contributed by atoms with Crippen molar-refractivity contribution in [2.45, 2.75) is 6.61 Å². The van der Waals surface area contributed by atoms with Crippen LogP contribution in [0.1, 0.15) is 26.3 Å². The summed E-state index contributed by atoms with van der Waals surface area (Å²) in [6, 6.07) is 20.4. The lowest BCUT2D eigenvalue weighted by atomic mass is 10.2. The predicted octanol–water partition coefficient (Wildman–Crippen LogP) is 3.86. The fourth-order valence-electron chi connectivity index (χ4n) is 2.87. The smallest absolute Gasteiger partial charge is 0.338 e. The summed E-state index contributed by atoms with van der Waals surface area (Å²) in [7, 11) is 2.76. The van der Waals surface area contributed by atoms with E-state index in [1.165, 1.54) is 38.5 Å². The van der Waals surface area contributed by atoms with E-state index >= 15 is 0 Å². The lowest BCUT2D eigenvalue weighted by molar-refractivity contribution is -0.119. The second-order valence-corrected chi connectivity index (χ2v) is 6.83. The van der Waals surface area contributed by atoms with Gasteiger partial charge in [0.25, 0.3) is 5.91 Å². The van der Waals surface area contributed by atoms with Crippen LogP contribution in [-0.4, -0.2) is 38.7 Å². The molecule has 0 aliphatic heterocycles. The first-order valence-corrected chi connectivity index (χ1v) is 10.00. The molecule has 3 rings (SSSR count). The maximum absolute atomic E-state index is 12.4. The standard InChI is InChI=1S/C25H23NO7/c1-30-22-14-19(10-13-21(22)32-15-17-6-4-3-5-7-17)25(29)33-16-23(27)26-20-11-8-18(9-12-20)24(28)31-2/h3-14H,15-16H2,1-2H3,(H,26,27). The normalized spacial score (nSPS) is 10.1. The molecule has 0 unspecified atom stereocenters. The third kappa shape index (κ3) is 6.57. The number of rotatable bonds is 9. The van der Waals surface area contributed by atoms with E-state index in [2.05, 4.69) is 10.1 Å². The number of esters is 2. The molecular weight excluding hydrogens is 426 g/mol. The van der Waals surface area contributed by atoms with Crippen molar-refractivity contribution < 1.29 is 33.3 Å². The van der Waals surface area contributed by atoms with Crippen molar-refractivity contribution in [1.29, 1.82) is 0 Å². The zero-order valence-corrected chi connectivity index (χ0v) is 18.2. The van der Waals surface area contributed by atoms with Gasteiger partial charge in [-0.05, 0) is 48.0 Å². The Bertz CT molecular complexity index is 1110. The molecule has 0 aliphatic rings. The molecule has 33 heavy (non-hydrogen) atoms. The van der Waals surface area contributed by atoms with Gasteiger partial charge in [-0.2, -0.15) is 0 Å². The van der Waals surface area contributed by atoms with Crippen LogP contribution >= 0.6 is 0 Å². The minimum Gasteiger partial charge on any atom is -0.493 e. The molecule has 170 valence electrons. The van der Waals surface area contributed by atoms with Crippen LogP contribution in [0.2, 0.25) is 0 Å². The van der Waals surface area contributed by atoms with Crippen molar-refractivity contribution >= 4 is 23.5 Å². The number of hydrogen-bond donors (Lipinski definition) is 1. The highest BCUT2D eigenvalue weighted by molar-refractivity contribution is 5.96. The van der Waals surface area contributed by atoms with Gasteiger partial charge in [0.15, 0.2) is 18.1 Å². The molecule has 0 heterocycles. The molecule has 3 aromatic rings. The van der Waals surface area contributed by atoms with Crippen LogP contribution in [0, 0.1) is 0 Å². The number of hydrogen-bond acceptors (Lipinski definition) is 7. The number of carbonyl (C=O) groups excluding carboxylic acids is 3. The summed E-state index contributed by atoms with van der Waals surface area (Å²) in [5, 5.41) is 2.58. The Balaban J connectivity index is 1.54. The molecule has 0 saturated carbocycles. The Morgan fingerprint density at radius 1 is 0.788 bits per heavy atom. The van der Waals surface area contributed by atoms with E-state index in [1.54, 1.807) is 18.2 Å². The maximum Gasteiger partial charge on any atom is 0.338 e. The third-order valence-corrected chi connectivity index (χ3v) is 4.56. The molecule has 0 spiro atoms. The van der Waals surface area contributed by atoms with Gasteiger partial charge in [0.1, 0.15) is 6.61 Å². The topological polar surface area (TPSA) is 100 Å². The summed E-state index contributed by atoms with van der Waals surface area (Å²) < 4.78 is 20.8. The van der Waals surface area contributed by atoms with E-state index in [0.717, 1.165) is 5.56 Å². The van der Waals surface area contributed by atoms with Crippen molar-refractivity contribution in [3.63, 3.8) is 0 Å². The molecule has 0 bridgehead atoms. The van der Waals surface area contributed by atoms with Crippen molar-refractivity contribution in [3.8, 4) is 11.5 Å². The van der Waals surface area contributed by atoms with Gasteiger partial charge in [0.05, 0.1) is 25.3 Å². The quantitative estimate of drug-likeness (QED) is 0.495. The molecule has 8 heteroatoms. The largest absolute Gasteiger partial charge is 0.493 e. The van der Waals surface area contributed by atoms with Gasteiger partial charge in [-0.15, -0.1) is 0 Å². The van der Waals surface area contributed by atoms with Crippen LogP contribution < -0.4 is 14.8 Å². The summed E-state index contributed by atoms with van der Waals surface area (Å²) in [6.45, 7) is -0.131. The van der Waals surface area contributed by atoms with Crippen molar-refractivity contribution in [2.24, 2.45) is 0 Å². The highest BCUT2D eigenvalue weighted by Crippen LogP contribution is 2.29. The van der Waals surface area contributed by atoms with E-state index < -0.39 is 24.5 Å². The highest BCUT2D eigenvalue weighted by Gasteiger charge is 2.15. The van der Waals surface area contributed by atoms with Gasteiger partial charge < -0.3 is 24.3 Å². The van der Waals surface area contributed by atoms with E-state index in [0.29, 0.717) is 29.4 Å². The molecule has 0 saturated heterocycles. The molecule has 0 fully saturated rings. The van der Waals surface area contributed by atoms with Crippen molar-refractivity contribution in [1.82, 2.24) is 0 Å². The molecule has 0 radical (unpaired) electrons. The fraction of sp³-hybridized carbons (Fsp3) is 0.160. The Morgan fingerprint density at radius 3 is 2.15 bits per heavy atom. The lowest BCUT2D eigenvalue weighted by Gasteiger charge is -2.12. The summed E-state index contributed by atoms with van der Waals surface area (Å²) in [4.78, 5) is 35.9. The Hall–Kier alpha value is -4.33. The third-order valence-electron chi connectivity index (χ3n) is 4.56. The second kappa shape index (κ2) is 11.3. The van der Waals surface area contributed by atoms with Crippen LogP contribution in [0.5, 0.6) is 11.5 Å². The lowest BCUT2D eigenvalue weighted by Crippen LogP contribution is -2.21. The van der Waals surface area contributed by atoms with Gasteiger partial charge in [0, 0.05) is 5.69 Å². The average Bonchev–Trinajstić information content (AvgIpc) is 2.86. The van der Waals surface area contributed by atoms with Crippen LogP contribution in [0.3, 0.4) is 0 Å². The summed E-state index contributed by atoms with van der Waals surface area (Å²) in [5.74, 6) is -0.835. The molecule has 0 aromatic heterocycles. The number of amides is 1. The monoisotopic (exact) mass is 449 g/mol. The first-order valence-electron chi connectivity index (χ1n) is 10.00. The van der Waals surface area contributed by atoms with Crippen molar-refractivity contribution in [2.75, 3.05) is 26.1 Å². The predicted molar refractivity (Wildman–Crippen MR) is 120 cm³/mol. The Morgan fingerprint density at radius 2 is 1.48 bits per heavy atom. The molecule has 1 amide bonds. The summed E-state index contributed by atoms with van der Waals surface area (Å²) in [6.07, 6.45) is 0. The van der Waals surface area contributed by atoms with Crippen LogP contribution in [0.25, 0.3) is 0 Å².